The minimum absolute atomic E-state index is 0.264. The lowest BCUT2D eigenvalue weighted by Gasteiger charge is -1.95. The van der Waals surface area contributed by atoms with E-state index in [9.17, 15) is 0 Å². The highest BCUT2D eigenvalue weighted by Gasteiger charge is 1.42. The van der Waals surface area contributed by atoms with Crippen molar-refractivity contribution in [3.05, 3.63) is 0 Å². The standard InChI is InChI=1S/C2H6O2/c1-2-4-3/h3H,2H2,1H3/p-1. The largest absolute Gasteiger partial charge is 0.723 e. The Balaban J connectivity index is 1.97. The number of hydrogen-bond donors (Lipinski definition) is 0. The van der Waals surface area contributed by atoms with Crippen LogP contribution in [-0.2, 0) is 4.89 Å². The zero-order valence-corrected chi connectivity index (χ0v) is 2.52. The maximum atomic E-state index is 8.80. The lowest BCUT2D eigenvalue weighted by Crippen LogP contribution is -2.02. The molecule has 0 aliphatic carbocycles. The predicted octanol–water partition coefficient (Wildman–Crippen LogP) is -0.702. The van der Waals surface area contributed by atoms with Crippen LogP contribution in [0.2, 0.25) is 0 Å². The second-order valence-corrected chi connectivity index (χ2v) is 0.407. The smallest absolute Gasteiger partial charge is 0.0312 e. The van der Waals surface area contributed by atoms with Crippen LogP contribution in [-0.4, -0.2) is 6.61 Å². The van der Waals surface area contributed by atoms with Crippen molar-refractivity contribution in [2.45, 2.75) is 6.92 Å². The summed E-state index contributed by atoms with van der Waals surface area (Å²) in [6.45, 7) is 1.91. The molecule has 0 heterocycles. The Bertz CT molecular complexity index is 6.00. The molecule has 0 rings (SSSR count). The minimum atomic E-state index is 0.264. The molecule has 0 aromatic rings. The molecule has 0 radical (unpaired) electrons. The Morgan fingerprint density at radius 1 is 2.00 bits per heavy atom. The van der Waals surface area contributed by atoms with Gasteiger partial charge in [-0.2, -0.15) is 0 Å². The van der Waals surface area contributed by atoms with Gasteiger partial charge in [0.15, 0.2) is 0 Å². The molecule has 0 aliphatic heterocycles. The molecule has 26 valence electrons. The molecule has 0 aliphatic rings. The first-order valence-corrected chi connectivity index (χ1v) is 1.16. The second-order valence-electron chi connectivity index (χ2n) is 0.407. The molecule has 0 atom stereocenters. The first-order chi connectivity index (χ1) is 1.91. The van der Waals surface area contributed by atoms with E-state index in [-0.39, 0.29) is 6.61 Å². The third-order valence-corrected chi connectivity index (χ3v) is 0.118. The van der Waals surface area contributed by atoms with Gasteiger partial charge in [0.05, 0.1) is 0 Å². The first-order valence-electron chi connectivity index (χ1n) is 1.16. The minimum Gasteiger partial charge on any atom is -0.723 e. The lowest BCUT2D eigenvalue weighted by atomic mass is 10.9. The van der Waals surface area contributed by atoms with E-state index in [0.29, 0.717) is 0 Å². The van der Waals surface area contributed by atoms with Crippen LogP contribution in [0.4, 0.5) is 0 Å². The van der Waals surface area contributed by atoms with Crippen LogP contribution in [0.5, 0.6) is 0 Å². The molecular formula is C2H5O2-. The molecule has 2 nitrogen and oxygen atoms in total. The van der Waals surface area contributed by atoms with E-state index in [4.69, 9.17) is 5.26 Å². The van der Waals surface area contributed by atoms with Crippen LogP contribution in [0.3, 0.4) is 0 Å². The summed E-state index contributed by atoms with van der Waals surface area (Å²) >= 11 is 0. The van der Waals surface area contributed by atoms with E-state index in [1.807, 2.05) is 0 Å². The van der Waals surface area contributed by atoms with Crippen molar-refractivity contribution in [2.24, 2.45) is 0 Å². The van der Waals surface area contributed by atoms with Gasteiger partial charge in [0.25, 0.3) is 0 Å². The third-order valence-electron chi connectivity index (χ3n) is 0.118. The van der Waals surface area contributed by atoms with Gasteiger partial charge in [-0.15, -0.1) is 0 Å². The van der Waals surface area contributed by atoms with Crippen LogP contribution in [0, 0.1) is 0 Å². The van der Waals surface area contributed by atoms with Gasteiger partial charge in [0, 0.05) is 6.61 Å². The van der Waals surface area contributed by atoms with Crippen molar-refractivity contribution in [3.63, 3.8) is 0 Å². The van der Waals surface area contributed by atoms with Crippen molar-refractivity contribution < 1.29 is 10.1 Å². The molecular weight excluding hydrogens is 56.0 g/mol. The molecule has 2 heteroatoms. The zero-order valence-electron chi connectivity index (χ0n) is 2.52. The fourth-order valence-electron chi connectivity index (χ4n) is 0. The molecule has 0 amide bonds. The van der Waals surface area contributed by atoms with Crippen LogP contribution >= 0.6 is 0 Å². The summed E-state index contributed by atoms with van der Waals surface area (Å²) in [5.74, 6) is 0. The van der Waals surface area contributed by atoms with Crippen molar-refractivity contribution in [3.8, 4) is 0 Å². The van der Waals surface area contributed by atoms with Crippen molar-refractivity contribution in [1.29, 1.82) is 0 Å². The molecule has 0 bridgehead atoms. The van der Waals surface area contributed by atoms with Gasteiger partial charge in [0.2, 0.25) is 0 Å². The summed E-state index contributed by atoms with van der Waals surface area (Å²) < 4.78 is 0. The highest BCUT2D eigenvalue weighted by Crippen LogP contribution is 1.45. The second kappa shape index (κ2) is 2.92. The highest BCUT2D eigenvalue weighted by molar-refractivity contribution is 3.88. The van der Waals surface area contributed by atoms with Crippen LogP contribution in [0.1, 0.15) is 6.92 Å². The Kier molecular flexibility index (Phi) is 2.86. The molecule has 0 fully saturated rings. The van der Waals surface area contributed by atoms with E-state index in [2.05, 4.69) is 4.89 Å². The summed E-state index contributed by atoms with van der Waals surface area (Å²) in [6, 6.07) is 0. The van der Waals surface area contributed by atoms with E-state index in [0.717, 1.165) is 0 Å². The third kappa shape index (κ3) is 1.92. The molecule has 0 unspecified atom stereocenters. The van der Waals surface area contributed by atoms with E-state index in [1.165, 1.54) is 0 Å². The van der Waals surface area contributed by atoms with Gasteiger partial charge in [-0.25, -0.2) is 0 Å². The summed E-state index contributed by atoms with van der Waals surface area (Å²) in [5, 5.41) is 8.80. The van der Waals surface area contributed by atoms with Crippen molar-refractivity contribution >= 4 is 0 Å². The summed E-state index contributed by atoms with van der Waals surface area (Å²) in [7, 11) is 0. The Morgan fingerprint density at radius 3 is 2.25 bits per heavy atom. The van der Waals surface area contributed by atoms with Gasteiger partial charge in [-0.05, 0) is 6.92 Å². The Hall–Kier alpha value is -0.0800. The average Bonchev–Trinajstić information content (AvgIpc) is 1.37. The highest BCUT2D eigenvalue weighted by atomic mass is 17.1. The van der Waals surface area contributed by atoms with E-state index >= 15 is 0 Å². The average molecular weight is 61.1 g/mol. The normalized spacial score (nSPS) is 7.50. The Labute approximate surface area is 24.9 Å². The summed E-state index contributed by atoms with van der Waals surface area (Å²) in [6.07, 6.45) is 0. The van der Waals surface area contributed by atoms with Crippen LogP contribution in [0.15, 0.2) is 0 Å². The predicted molar refractivity (Wildman–Crippen MR) is 11.6 cm³/mol. The number of hydrogen-bond acceptors (Lipinski definition) is 2. The molecule has 0 saturated heterocycles. The maximum absolute atomic E-state index is 8.80. The van der Waals surface area contributed by atoms with E-state index < -0.39 is 0 Å². The fourth-order valence-corrected chi connectivity index (χ4v) is 0. The van der Waals surface area contributed by atoms with Crippen molar-refractivity contribution in [1.82, 2.24) is 0 Å². The summed E-state index contributed by atoms with van der Waals surface area (Å²) in [4.78, 5) is 3.29. The van der Waals surface area contributed by atoms with Gasteiger partial charge >= 0.3 is 0 Å². The molecule has 4 heavy (non-hydrogen) atoms. The van der Waals surface area contributed by atoms with E-state index in [1.54, 1.807) is 6.92 Å². The van der Waals surface area contributed by atoms with Crippen LogP contribution in [0.25, 0.3) is 0 Å². The lowest BCUT2D eigenvalue weighted by molar-refractivity contribution is -0.688. The monoisotopic (exact) mass is 61.0 g/mol. The zero-order chi connectivity index (χ0) is 3.41. The van der Waals surface area contributed by atoms with Gasteiger partial charge in [-0.3, -0.25) is 0 Å². The molecule has 0 aromatic carbocycles. The molecule has 0 N–H and O–H groups in total. The topological polar surface area (TPSA) is 32.3 Å². The van der Waals surface area contributed by atoms with Crippen LogP contribution < -0.4 is 5.26 Å². The molecule has 0 spiro atoms. The van der Waals surface area contributed by atoms with Gasteiger partial charge < -0.3 is 10.1 Å². The summed E-state index contributed by atoms with van der Waals surface area (Å²) in [5.41, 5.74) is 0. The fraction of sp³-hybridized carbons (Fsp3) is 1.00. The Morgan fingerprint density at radius 2 is 2.25 bits per heavy atom. The first kappa shape index (κ1) is 3.92. The maximum Gasteiger partial charge on any atom is 0.0312 e. The quantitative estimate of drug-likeness (QED) is 0.296. The van der Waals surface area contributed by atoms with Gasteiger partial charge in [0.1, 0.15) is 0 Å². The molecule has 0 aromatic heterocycles. The number of rotatable bonds is 1. The van der Waals surface area contributed by atoms with Gasteiger partial charge in [-0.1, -0.05) is 0 Å². The SMILES string of the molecule is CCO[O-]. The molecule has 0 saturated carbocycles. The van der Waals surface area contributed by atoms with Crippen molar-refractivity contribution in [2.75, 3.05) is 6.61 Å².